The molecule has 0 bridgehead atoms. The summed E-state index contributed by atoms with van der Waals surface area (Å²) in [4.78, 5) is 25.7. The lowest BCUT2D eigenvalue weighted by atomic mass is 9.80. The molecule has 132 valence electrons. The average Bonchev–Trinajstić information content (AvgIpc) is 3.12. The zero-order chi connectivity index (χ0) is 17.1. The average molecular weight is 358 g/mol. The van der Waals surface area contributed by atoms with Gasteiger partial charge in [-0.05, 0) is 24.3 Å². The van der Waals surface area contributed by atoms with E-state index in [1.165, 1.54) is 0 Å². The third-order valence-corrected chi connectivity index (χ3v) is 5.71. The van der Waals surface area contributed by atoms with Crippen LogP contribution in [-0.2, 0) is 4.74 Å². The van der Waals surface area contributed by atoms with Crippen LogP contribution in [0, 0.1) is 5.41 Å². The van der Waals surface area contributed by atoms with Crippen molar-refractivity contribution in [1.82, 2.24) is 14.9 Å². The standard InChI is InChI=1S/C18H22N4O2S/c23-17(15-2-9-25-11-15)22-6-1-3-18(13-22)12-21(7-8-24-14-18)16-10-19-4-5-20-16/h2,4-5,9-11H,1,3,6-8,12-14H2/t18-/m1/s1. The third-order valence-electron chi connectivity index (χ3n) is 5.03. The van der Waals surface area contributed by atoms with Crippen molar-refractivity contribution in [3.05, 3.63) is 41.0 Å². The first-order chi connectivity index (χ1) is 12.3. The minimum atomic E-state index is -0.0437. The number of hydrogen-bond donors (Lipinski definition) is 0. The summed E-state index contributed by atoms with van der Waals surface area (Å²) < 4.78 is 5.93. The van der Waals surface area contributed by atoms with Gasteiger partial charge in [-0.15, -0.1) is 0 Å². The van der Waals surface area contributed by atoms with Crippen molar-refractivity contribution >= 4 is 23.1 Å². The summed E-state index contributed by atoms with van der Waals surface area (Å²) in [6, 6.07) is 1.91. The zero-order valence-corrected chi connectivity index (χ0v) is 15.0. The Morgan fingerprint density at radius 1 is 1.28 bits per heavy atom. The second-order valence-corrected chi connectivity index (χ2v) is 7.66. The molecule has 0 aliphatic carbocycles. The normalized spacial score (nSPS) is 24.3. The fourth-order valence-electron chi connectivity index (χ4n) is 3.84. The highest BCUT2D eigenvalue weighted by Gasteiger charge is 2.40. The van der Waals surface area contributed by atoms with E-state index in [1.807, 2.05) is 21.7 Å². The molecule has 2 aromatic heterocycles. The Morgan fingerprint density at radius 3 is 3.04 bits per heavy atom. The predicted octanol–water partition coefficient (Wildman–Crippen LogP) is 2.30. The first-order valence-electron chi connectivity index (χ1n) is 8.66. The van der Waals surface area contributed by atoms with Crippen molar-refractivity contribution in [1.29, 1.82) is 0 Å². The molecule has 0 aromatic carbocycles. The molecule has 0 unspecified atom stereocenters. The van der Waals surface area contributed by atoms with Crippen molar-refractivity contribution in [2.75, 3.05) is 44.3 Å². The van der Waals surface area contributed by atoms with Crippen LogP contribution in [-0.4, -0.2) is 60.2 Å². The molecule has 2 aliphatic heterocycles. The van der Waals surface area contributed by atoms with E-state index < -0.39 is 0 Å². The SMILES string of the molecule is O=C(c1ccsc1)N1CCC[C@]2(COCCN(c3cnccn3)C2)C1. The fraction of sp³-hybridized carbons (Fsp3) is 0.500. The van der Waals surface area contributed by atoms with E-state index in [4.69, 9.17) is 4.74 Å². The van der Waals surface area contributed by atoms with Gasteiger partial charge in [0.05, 0.1) is 25.0 Å². The third kappa shape index (κ3) is 3.52. The van der Waals surface area contributed by atoms with Crippen LogP contribution < -0.4 is 4.90 Å². The van der Waals surface area contributed by atoms with Gasteiger partial charge in [-0.2, -0.15) is 11.3 Å². The maximum absolute atomic E-state index is 12.8. The minimum absolute atomic E-state index is 0.0437. The largest absolute Gasteiger partial charge is 0.379 e. The van der Waals surface area contributed by atoms with Gasteiger partial charge in [-0.25, -0.2) is 4.98 Å². The van der Waals surface area contributed by atoms with Crippen molar-refractivity contribution < 1.29 is 9.53 Å². The van der Waals surface area contributed by atoms with Gasteiger partial charge in [0.25, 0.3) is 5.91 Å². The summed E-state index contributed by atoms with van der Waals surface area (Å²) in [5.74, 6) is 1.02. The molecule has 2 aliphatic rings. The van der Waals surface area contributed by atoms with Gasteiger partial charge in [0.1, 0.15) is 5.82 Å². The Morgan fingerprint density at radius 2 is 2.24 bits per heavy atom. The highest BCUT2D eigenvalue weighted by Crippen LogP contribution is 2.34. The van der Waals surface area contributed by atoms with Crippen LogP contribution in [0.5, 0.6) is 0 Å². The van der Waals surface area contributed by atoms with E-state index in [0.29, 0.717) is 13.2 Å². The number of anilines is 1. The van der Waals surface area contributed by atoms with E-state index in [9.17, 15) is 4.79 Å². The second-order valence-electron chi connectivity index (χ2n) is 6.88. The van der Waals surface area contributed by atoms with Crippen molar-refractivity contribution in [2.45, 2.75) is 12.8 Å². The quantitative estimate of drug-likeness (QED) is 0.824. The van der Waals surface area contributed by atoms with Crippen LogP contribution in [0.1, 0.15) is 23.2 Å². The number of nitrogens with zero attached hydrogens (tertiary/aromatic N) is 4. The van der Waals surface area contributed by atoms with Crippen molar-refractivity contribution in [3.63, 3.8) is 0 Å². The molecule has 2 saturated heterocycles. The van der Waals surface area contributed by atoms with Crippen molar-refractivity contribution in [2.24, 2.45) is 5.41 Å². The molecule has 6 nitrogen and oxygen atoms in total. The monoisotopic (exact) mass is 358 g/mol. The van der Waals surface area contributed by atoms with E-state index in [-0.39, 0.29) is 11.3 Å². The van der Waals surface area contributed by atoms with Crippen LogP contribution in [0.25, 0.3) is 0 Å². The van der Waals surface area contributed by atoms with Gasteiger partial charge in [-0.1, -0.05) is 0 Å². The zero-order valence-electron chi connectivity index (χ0n) is 14.1. The maximum Gasteiger partial charge on any atom is 0.254 e. The summed E-state index contributed by atoms with van der Waals surface area (Å²) in [5.41, 5.74) is 0.750. The van der Waals surface area contributed by atoms with Gasteiger partial charge in [0, 0.05) is 49.4 Å². The van der Waals surface area contributed by atoms with Crippen LogP contribution in [0.4, 0.5) is 5.82 Å². The van der Waals surface area contributed by atoms with E-state index >= 15 is 0 Å². The molecule has 1 atom stereocenters. The number of likely N-dealkylation sites (tertiary alicyclic amines) is 1. The van der Waals surface area contributed by atoms with Gasteiger partial charge < -0.3 is 14.5 Å². The molecule has 7 heteroatoms. The molecular formula is C18H22N4O2S. The molecule has 4 rings (SSSR count). The number of thiophene rings is 1. The summed E-state index contributed by atoms with van der Waals surface area (Å²) in [7, 11) is 0. The molecule has 0 saturated carbocycles. The minimum Gasteiger partial charge on any atom is -0.379 e. The van der Waals surface area contributed by atoms with Crippen LogP contribution in [0.2, 0.25) is 0 Å². The lowest BCUT2D eigenvalue weighted by Gasteiger charge is -2.43. The molecule has 4 heterocycles. The first-order valence-corrected chi connectivity index (χ1v) is 9.60. The number of carbonyl (C=O) groups excluding carboxylic acids is 1. The lowest BCUT2D eigenvalue weighted by Crippen LogP contribution is -2.52. The van der Waals surface area contributed by atoms with Crippen LogP contribution >= 0.6 is 11.3 Å². The fourth-order valence-corrected chi connectivity index (χ4v) is 4.47. The number of hydrogen-bond acceptors (Lipinski definition) is 6. The lowest BCUT2D eigenvalue weighted by molar-refractivity contribution is 0.0135. The summed E-state index contributed by atoms with van der Waals surface area (Å²) >= 11 is 1.56. The molecule has 1 amide bonds. The summed E-state index contributed by atoms with van der Waals surface area (Å²) in [5, 5.41) is 3.89. The predicted molar refractivity (Wildman–Crippen MR) is 97.0 cm³/mol. The molecular weight excluding hydrogens is 336 g/mol. The number of amides is 1. The molecule has 25 heavy (non-hydrogen) atoms. The Bertz CT molecular complexity index is 709. The number of aromatic nitrogens is 2. The van der Waals surface area contributed by atoms with Gasteiger partial charge in [0.15, 0.2) is 0 Å². The smallest absolute Gasteiger partial charge is 0.254 e. The molecule has 0 N–H and O–H groups in total. The summed E-state index contributed by atoms with van der Waals surface area (Å²) in [6.07, 6.45) is 7.29. The van der Waals surface area contributed by atoms with Crippen LogP contribution in [0.15, 0.2) is 35.4 Å². The Balaban J connectivity index is 1.53. The number of piperidine rings is 1. The number of carbonyl (C=O) groups is 1. The van der Waals surface area contributed by atoms with E-state index in [2.05, 4.69) is 14.9 Å². The van der Waals surface area contributed by atoms with E-state index in [0.717, 1.165) is 50.4 Å². The Kier molecular flexibility index (Phi) is 4.67. The van der Waals surface area contributed by atoms with E-state index in [1.54, 1.807) is 29.9 Å². The second kappa shape index (κ2) is 7.09. The van der Waals surface area contributed by atoms with Gasteiger partial charge in [-0.3, -0.25) is 9.78 Å². The highest BCUT2D eigenvalue weighted by molar-refractivity contribution is 7.08. The van der Waals surface area contributed by atoms with Gasteiger partial charge in [0.2, 0.25) is 0 Å². The molecule has 0 radical (unpaired) electrons. The summed E-state index contributed by atoms with van der Waals surface area (Å²) in [6.45, 7) is 4.58. The molecule has 1 spiro atoms. The van der Waals surface area contributed by atoms with Crippen LogP contribution in [0.3, 0.4) is 0 Å². The van der Waals surface area contributed by atoms with Crippen molar-refractivity contribution in [3.8, 4) is 0 Å². The first kappa shape index (κ1) is 16.5. The Hall–Kier alpha value is -1.99. The van der Waals surface area contributed by atoms with Gasteiger partial charge >= 0.3 is 0 Å². The molecule has 2 fully saturated rings. The maximum atomic E-state index is 12.8. The number of rotatable bonds is 2. The molecule has 2 aromatic rings. The highest BCUT2D eigenvalue weighted by atomic mass is 32.1. The Labute approximate surface area is 151 Å². The number of ether oxygens (including phenoxy) is 1. The topological polar surface area (TPSA) is 58.6 Å².